The van der Waals surface area contributed by atoms with Gasteiger partial charge in [0.05, 0.1) is 19.0 Å². The summed E-state index contributed by atoms with van der Waals surface area (Å²) in [5.41, 5.74) is 2.72. The number of ether oxygens (including phenoxy) is 1. The smallest absolute Gasteiger partial charge is 0.275 e. The third-order valence-electron chi connectivity index (χ3n) is 3.13. The Morgan fingerprint density at radius 2 is 2.14 bits per heavy atom. The Hall–Kier alpha value is -2.89. The van der Waals surface area contributed by atoms with Gasteiger partial charge in [-0.15, -0.1) is 0 Å². The Morgan fingerprint density at radius 1 is 1.29 bits per heavy atom. The normalized spacial score (nSPS) is 10.6. The highest BCUT2D eigenvalue weighted by Gasteiger charge is 2.12. The van der Waals surface area contributed by atoms with E-state index in [1.807, 2.05) is 29.5 Å². The number of carbonyl (C=O) groups is 1. The highest BCUT2D eigenvalue weighted by molar-refractivity contribution is 6.03. The van der Waals surface area contributed by atoms with Gasteiger partial charge >= 0.3 is 0 Å². The molecule has 0 aliphatic heterocycles. The Morgan fingerprint density at radius 3 is 2.81 bits per heavy atom. The second-order valence-electron chi connectivity index (χ2n) is 4.56. The van der Waals surface area contributed by atoms with Gasteiger partial charge in [0.1, 0.15) is 11.3 Å². The van der Waals surface area contributed by atoms with Crippen LogP contribution in [-0.4, -0.2) is 27.4 Å². The summed E-state index contributed by atoms with van der Waals surface area (Å²) in [5.74, 6) is 0.224. The van der Waals surface area contributed by atoms with E-state index in [0.29, 0.717) is 17.3 Å². The minimum absolute atomic E-state index is 0.273. The number of nitrogens with zero attached hydrogens (tertiary/aromatic N) is 3. The van der Waals surface area contributed by atoms with Crippen molar-refractivity contribution in [1.29, 1.82) is 0 Å². The fourth-order valence-electron chi connectivity index (χ4n) is 2.03. The van der Waals surface area contributed by atoms with Crippen molar-refractivity contribution in [2.24, 2.45) is 0 Å². The molecule has 0 bridgehead atoms. The standard InChI is InChI=1S/C15H14N4O2/c1-10-4-3-5-13-18-12(9-19(10)13)15(20)17-11-6-7-14(21-2)16-8-11/h3-9H,1-2H3,(H,17,20). The molecule has 0 aromatic carbocycles. The van der Waals surface area contributed by atoms with Crippen LogP contribution in [0.5, 0.6) is 5.88 Å². The van der Waals surface area contributed by atoms with Gasteiger partial charge in [-0.25, -0.2) is 9.97 Å². The highest BCUT2D eigenvalue weighted by atomic mass is 16.5. The van der Waals surface area contributed by atoms with E-state index in [1.54, 1.807) is 25.4 Å². The van der Waals surface area contributed by atoms with Gasteiger partial charge in [0.15, 0.2) is 0 Å². The maximum Gasteiger partial charge on any atom is 0.275 e. The second-order valence-corrected chi connectivity index (χ2v) is 4.56. The van der Waals surface area contributed by atoms with Crippen molar-refractivity contribution in [3.05, 3.63) is 54.1 Å². The number of hydrogen-bond acceptors (Lipinski definition) is 4. The molecule has 3 aromatic heterocycles. The predicted molar refractivity (Wildman–Crippen MR) is 78.7 cm³/mol. The van der Waals surface area contributed by atoms with Crippen LogP contribution < -0.4 is 10.1 Å². The molecule has 0 saturated carbocycles. The molecule has 0 aliphatic rings. The molecule has 3 rings (SSSR count). The van der Waals surface area contributed by atoms with E-state index in [0.717, 1.165) is 11.3 Å². The van der Waals surface area contributed by atoms with E-state index in [1.165, 1.54) is 6.20 Å². The van der Waals surface area contributed by atoms with E-state index in [-0.39, 0.29) is 5.91 Å². The van der Waals surface area contributed by atoms with Gasteiger partial charge in [0.2, 0.25) is 5.88 Å². The lowest BCUT2D eigenvalue weighted by atomic mass is 10.3. The molecule has 3 heterocycles. The van der Waals surface area contributed by atoms with Crippen LogP contribution in [-0.2, 0) is 0 Å². The minimum Gasteiger partial charge on any atom is -0.481 e. The molecule has 21 heavy (non-hydrogen) atoms. The Balaban J connectivity index is 1.84. The Kier molecular flexibility index (Phi) is 3.27. The molecule has 3 aromatic rings. The van der Waals surface area contributed by atoms with Gasteiger partial charge in [-0.2, -0.15) is 0 Å². The maximum atomic E-state index is 12.2. The van der Waals surface area contributed by atoms with Crippen LogP contribution in [0.25, 0.3) is 5.65 Å². The first kappa shape index (κ1) is 13.1. The summed E-state index contributed by atoms with van der Waals surface area (Å²) < 4.78 is 6.85. The summed E-state index contributed by atoms with van der Waals surface area (Å²) in [6.45, 7) is 1.96. The summed E-state index contributed by atoms with van der Waals surface area (Å²) in [7, 11) is 1.54. The van der Waals surface area contributed by atoms with Gasteiger partial charge in [-0.05, 0) is 25.1 Å². The first-order chi connectivity index (χ1) is 10.2. The number of fused-ring (bicyclic) bond motifs is 1. The first-order valence-electron chi connectivity index (χ1n) is 6.43. The topological polar surface area (TPSA) is 68.5 Å². The lowest BCUT2D eigenvalue weighted by molar-refractivity contribution is 0.102. The molecule has 0 radical (unpaired) electrons. The fraction of sp³-hybridized carbons (Fsp3) is 0.133. The van der Waals surface area contributed by atoms with Crippen LogP contribution in [0.1, 0.15) is 16.2 Å². The third-order valence-corrected chi connectivity index (χ3v) is 3.13. The van der Waals surface area contributed by atoms with Gasteiger partial charge in [-0.3, -0.25) is 4.79 Å². The van der Waals surface area contributed by atoms with Gasteiger partial charge < -0.3 is 14.5 Å². The van der Waals surface area contributed by atoms with Crippen LogP contribution in [0.2, 0.25) is 0 Å². The fourth-order valence-corrected chi connectivity index (χ4v) is 2.03. The maximum absolute atomic E-state index is 12.2. The average Bonchev–Trinajstić information content (AvgIpc) is 2.94. The van der Waals surface area contributed by atoms with Crippen LogP contribution in [0, 0.1) is 6.92 Å². The number of amides is 1. The second kappa shape index (κ2) is 5.24. The molecule has 0 spiro atoms. The van der Waals surface area contributed by atoms with E-state index in [4.69, 9.17) is 4.74 Å². The monoisotopic (exact) mass is 282 g/mol. The van der Waals surface area contributed by atoms with E-state index in [9.17, 15) is 4.79 Å². The molecule has 0 unspecified atom stereocenters. The Labute approximate surface area is 121 Å². The van der Waals surface area contributed by atoms with Gasteiger partial charge in [0, 0.05) is 18.0 Å². The molecule has 6 heteroatoms. The summed E-state index contributed by atoms with van der Waals surface area (Å²) in [6.07, 6.45) is 3.26. The highest BCUT2D eigenvalue weighted by Crippen LogP contribution is 2.13. The summed E-state index contributed by atoms with van der Waals surface area (Å²) >= 11 is 0. The molecule has 0 aliphatic carbocycles. The minimum atomic E-state index is -0.273. The third kappa shape index (κ3) is 2.55. The average molecular weight is 282 g/mol. The van der Waals surface area contributed by atoms with E-state index >= 15 is 0 Å². The molecule has 106 valence electrons. The quantitative estimate of drug-likeness (QED) is 0.800. The zero-order chi connectivity index (χ0) is 14.8. The number of rotatable bonds is 3. The molecule has 1 amide bonds. The predicted octanol–water partition coefficient (Wildman–Crippen LogP) is 2.30. The SMILES string of the molecule is COc1ccc(NC(=O)c2cn3c(C)cccc3n2)cn1. The number of aromatic nitrogens is 3. The zero-order valence-electron chi connectivity index (χ0n) is 11.7. The van der Waals surface area contributed by atoms with Crippen molar-refractivity contribution < 1.29 is 9.53 Å². The van der Waals surface area contributed by atoms with Crippen LogP contribution >= 0.6 is 0 Å². The lowest BCUT2D eigenvalue weighted by Gasteiger charge is -2.03. The largest absolute Gasteiger partial charge is 0.481 e. The number of imidazole rings is 1. The number of anilines is 1. The molecule has 0 saturated heterocycles. The number of methoxy groups -OCH3 is 1. The van der Waals surface area contributed by atoms with Crippen molar-refractivity contribution in [2.75, 3.05) is 12.4 Å². The lowest BCUT2D eigenvalue weighted by Crippen LogP contribution is -2.12. The van der Waals surface area contributed by atoms with Gasteiger partial charge in [-0.1, -0.05) is 6.07 Å². The van der Waals surface area contributed by atoms with Crippen molar-refractivity contribution in [3.8, 4) is 5.88 Å². The summed E-state index contributed by atoms with van der Waals surface area (Å²) in [6, 6.07) is 9.14. The number of pyridine rings is 2. The molecular weight excluding hydrogens is 268 g/mol. The molecule has 0 fully saturated rings. The molecule has 1 N–H and O–H groups in total. The van der Waals surface area contributed by atoms with E-state index in [2.05, 4.69) is 15.3 Å². The van der Waals surface area contributed by atoms with Crippen molar-refractivity contribution >= 4 is 17.2 Å². The summed E-state index contributed by atoms with van der Waals surface area (Å²) in [4.78, 5) is 20.6. The zero-order valence-corrected chi connectivity index (χ0v) is 11.7. The first-order valence-corrected chi connectivity index (χ1v) is 6.43. The number of nitrogens with one attached hydrogen (secondary N) is 1. The number of carbonyl (C=O) groups excluding carboxylic acids is 1. The summed E-state index contributed by atoms with van der Waals surface area (Å²) in [5, 5.41) is 2.76. The molecule has 6 nitrogen and oxygen atoms in total. The van der Waals surface area contributed by atoms with E-state index < -0.39 is 0 Å². The molecular formula is C15H14N4O2. The van der Waals surface area contributed by atoms with Crippen molar-refractivity contribution in [3.63, 3.8) is 0 Å². The Bertz CT molecular complexity index is 793. The van der Waals surface area contributed by atoms with Crippen molar-refractivity contribution in [2.45, 2.75) is 6.92 Å². The van der Waals surface area contributed by atoms with Crippen molar-refractivity contribution in [1.82, 2.24) is 14.4 Å². The molecule has 0 atom stereocenters. The van der Waals surface area contributed by atoms with Gasteiger partial charge in [0.25, 0.3) is 5.91 Å². The number of hydrogen-bond donors (Lipinski definition) is 1. The van der Waals surface area contributed by atoms with Crippen LogP contribution in [0.4, 0.5) is 5.69 Å². The van der Waals surface area contributed by atoms with Crippen LogP contribution in [0.15, 0.2) is 42.7 Å². The van der Waals surface area contributed by atoms with Crippen LogP contribution in [0.3, 0.4) is 0 Å². The number of aryl methyl sites for hydroxylation is 1.